The summed E-state index contributed by atoms with van der Waals surface area (Å²) in [6.07, 6.45) is 0. The molecule has 0 bridgehead atoms. The second-order valence-corrected chi connectivity index (χ2v) is 13.0. The molecule has 138 valence electrons. The number of aromatic hydroxyl groups is 1. The second-order valence-electron chi connectivity index (χ2n) is 7.44. The van der Waals surface area contributed by atoms with Gasteiger partial charge in [0.1, 0.15) is 34.6 Å². The molecular formula is C17H22BrN5O2Si. The molecule has 0 unspecified atom stereocenters. The molecule has 0 radical (unpaired) electrons. The number of phenols is 1. The quantitative estimate of drug-likeness (QED) is 0.619. The van der Waals surface area contributed by atoms with E-state index < -0.39 is 8.32 Å². The minimum absolute atomic E-state index is 0.00786. The first-order chi connectivity index (χ1) is 11.9. The Morgan fingerprint density at radius 3 is 2.38 bits per heavy atom. The Labute approximate surface area is 162 Å². The summed E-state index contributed by atoms with van der Waals surface area (Å²) in [5.41, 5.74) is 12.0. The van der Waals surface area contributed by atoms with Crippen LogP contribution in [0.5, 0.6) is 11.5 Å². The van der Waals surface area contributed by atoms with E-state index in [1.807, 2.05) is 6.07 Å². The molecule has 5 N–H and O–H groups in total. The summed E-state index contributed by atoms with van der Waals surface area (Å²) >= 11 is 3.49. The predicted octanol–water partition coefficient (Wildman–Crippen LogP) is 4.03. The number of nitriles is 1. The van der Waals surface area contributed by atoms with Crippen LogP contribution >= 0.6 is 15.9 Å². The SMILES string of the molecule is CC(C)(C)[Si](C)(C)Oc1ccc(O)c(-c2nc(N)nc(N)c2C#N)c1Br. The highest BCUT2D eigenvalue weighted by Gasteiger charge is 2.39. The number of hydrogen-bond donors (Lipinski definition) is 3. The molecule has 1 aromatic heterocycles. The lowest BCUT2D eigenvalue weighted by molar-refractivity contribution is 0.469. The van der Waals surface area contributed by atoms with Crippen molar-refractivity contribution in [3.63, 3.8) is 0 Å². The maximum absolute atomic E-state index is 10.4. The Bertz CT molecular complexity index is 903. The molecule has 0 aliphatic carbocycles. The van der Waals surface area contributed by atoms with E-state index in [2.05, 4.69) is 59.8 Å². The Morgan fingerprint density at radius 2 is 1.85 bits per heavy atom. The zero-order valence-electron chi connectivity index (χ0n) is 15.4. The lowest BCUT2D eigenvalue weighted by Crippen LogP contribution is -2.43. The van der Waals surface area contributed by atoms with E-state index in [0.717, 1.165) is 0 Å². The van der Waals surface area contributed by atoms with E-state index in [1.54, 1.807) is 6.07 Å². The highest BCUT2D eigenvalue weighted by molar-refractivity contribution is 9.10. The van der Waals surface area contributed by atoms with Gasteiger partial charge in [-0.3, -0.25) is 0 Å². The van der Waals surface area contributed by atoms with Crippen molar-refractivity contribution in [1.29, 1.82) is 5.26 Å². The summed E-state index contributed by atoms with van der Waals surface area (Å²) in [6, 6.07) is 5.15. The van der Waals surface area contributed by atoms with Gasteiger partial charge in [0.05, 0.1) is 10.0 Å². The van der Waals surface area contributed by atoms with Crippen LogP contribution in [0.15, 0.2) is 16.6 Å². The van der Waals surface area contributed by atoms with Crippen LogP contribution in [0.3, 0.4) is 0 Å². The molecule has 7 nitrogen and oxygen atoms in total. The first-order valence-electron chi connectivity index (χ1n) is 7.93. The molecule has 0 aliphatic heterocycles. The van der Waals surface area contributed by atoms with Gasteiger partial charge in [0.2, 0.25) is 5.95 Å². The van der Waals surface area contributed by atoms with Gasteiger partial charge in [0, 0.05) is 0 Å². The van der Waals surface area contributed by atoms with Gasteiger partial charge >= 0.3 is 0 Å². The smallest absolute Gasteiger partial charge is 0.250 e. The predicted molar refractivity (Wildman–Crippen MR) is 108 cm³/mol. The summed E-state index contributed by atoms with van der Waals surface area (Å²) in [5.74, 6) is 0.355. The van der Waals surface area contributed by atoms with Crippen molar-refractivity contribution in [2.24, 2.45) is 0 Å². The standard InChI is InChI=1S/C17H22BrN5O2Si/c1-17(2,3)26(4,5)25-11-7-6-10(24)12(13(11)18)14-9(8-19)15(20)23-16(21)22-14/h6-7,24H,1-5H3,(H4,20,21,22,23). The molecule has 1 aromatic carbocycles. The number of anilines is 2. The number of aromatic nitrogens is 2. The van der Waals surface area contributed by atoms with E-state index in [0.29, 0.717) is 15.8 Å². The fourth-order valence-electron chi connectivity index (χ4n) is 2.07. The van der Waals surface area contributed by atoms with Crippen LogP contribution < -0.4 is 15.9 Å². The average molecular weight is 436 g/mol. The highest BCUT2D eigenvalue weighted by Crippen LogP contribution is 2.45. The van der Waals surface area contributed by atoms with Gasteiger partial charge in [0.25, 0.3) is 8.32 Å². The van der Waals surface area contributed by atoms with Crippen LogP contribution in [0.1, 0.15) is 26.3 Å². The second kappa shape index (κ2) is 6.77. The number of nitrogens with zero attached hydrogens (tertiary/aromatic N) is 3. The minimum atomic E-state index is -2.12. The first-order valence-corrected chi connectivity index (χ1v) is 11.6. The molecule has 26 heavy (non-hydrogen) atoms. The Morgan fingerprint density at radius 1 is 1.23 bits per heavy atom. The van der Waals surface area contributed by atoms with Crippen molar-refractivity contribution in [3.05, 3.63) is 22.2 Å². The van der Waals surface area contributed by atoms with Crippen LogP contribution in [-0.4, -0.2) is 23.4 Å². The van der Waals surface area contributed by atoms with Gasteiger partial charge in [-0.25, -0.2) is 4.98 Å². The van der Waals surface area contributed by atoms with Crippen LogP contribution in [0.4, 0.5) is 11.8 Å². The van der Waals surface area contributed by atoms with Crippen molar-refractivity contribution in [2.45, 2.75) is 38.9 Å². The third-order valence-corrected chi connectivity index (χ3v) is 9.69. The Hall–Kier alpha value is -2.31. The van der Waals surface area contributed by atoms with Crippen LogP contribution in [0, 0.1) is 11.3 Å². The summed E-state index contributed by atoms with van der Waals surface area (Å²) < 4.78 is 6.82. The summed E-state index contributed by atoms with van der Waals surface area (Å²) in [5, 5.41) is 19.8. The topological polar surface area (TPSA) is 131 Å². The van der Waals surface area contributed by atoms with Gasteiger partial charge in [-0.1, -0.05) is 20.8 Å². The zero-order chi connectivity index (χ0) is 19.9. The number of hydrogen-bond acceptors (Lipinski definition) is 7. The molecule has 0 amide bonds. The van der Waals surface area contributed by atoms with Crippen LogP contribution in [-0.2, 0) is 0 Å². The van der Waals surface area contributed by atoms with Gasteiger partial charge in [0.15, 0.2) is 0 Å². The molecule has 0 aliphatic rings. The average Bonchev–Trinajstić information content (AvgIpc) is 2.49. The van der Waals surface area contributed by atoms with Crippen molar-refractivity contribution >= 4 is 36.0 Å². The number of benzene rings is 1. The maximum Gasteiger partial charge on any atom is 0.250 e. The van der Waals surface area contributed by atoms with Crippen molar-refractivity contribution in [2.75, 3.05) is 11.5 Å². The molecule has 0 saturated heterocycles. The Balaban J connectivity index is 2.69. The van der Waals surface area contributed by atoms with E-state index in [4.69, 9.17) is 15.9 Å². The molecule has 0 saturated carbocycles. The highest BCUT2D eigenvalue weighted by atomic mass is 79.9. The van der Waals surface area contributed by atoms with Gasteiger partial charge in [-0.15, -0.1) is 0 Å². The fraction of sp³-hybridized carbons (Fsp3) is 0.353. The minimum Gasteiger partial charge on any atom is -0.543 e. The molecule has 2 rings (SSSR count). The van der Waals surface area contributed by atoms with Gasteiger partial charge < -0.3 is 21.0 Å². The van der Waals surface area contributed by atoms with Gasteiger partial charge in [-0.2, -0.15) is 10.2 Å². The maximum atomic E-state index is 10.4. The number of phenolic OH excluding ortho intramolecular Hbond substituents is 1. The van der Waals surface area contributed by atoms with Crippen LogP contribution in [0.2, 0.25) is 18.1 Å². The first kappa shape index (κ1) is 20.0. The van der Waals surface area contributed by atoms with Crippen molar-refractivity contribution in [3.8, 4) is 28.8 Å². The number of nitrogens with two attached hydrogens (primary N) is 2. The lowest BCUT2D eigenvalue weighted by Gasteiger charge is -2.37. The van der Waals surface area contributed by atoms with E-state index >= 15 is 0 Å². The molecule has 9 heteroatoms. The van der Waals surface area contributed by atoms with E-state index in [1.165, 1.54) is 6.07 Å². The molecule has 1 heterocycles. The van der Waals surface area contributed by atoms with Crippen molar-refractivity contribution in [1.82, 2.24) is 9.97 Å². The molecule has 0 fully saturated rings. The number of halogens is 1. The normalized spacial score (nSPS) is 11.9. The summed E-state index contributed by atoms with van der Waals surface area (Å²) in [4.78, 5) is 7.92. The monoisotopic (exact) mass is 435 g/mol. The fourth-order valence-corrected chi connectivity index (χ4v) is 3.85. The molecular weight excluding hydrogens is 414 g/mol. The number of nitrogen functional groups attached to an aromatic ring is 2. The molecule has 2 aromatic rings. The van der Waals surface area contributed by atoms with Crippen LogP contribution in [0.25, 0.3) is 11.3 Å². The summed E-state index contributed by atoms with van der Waals surface area (Å²) in [6.45, 7) is 10.6. The van der Waals surface area contributed by atoms with Gasteiger partial charge in [-0.05, 0) is 46.2 Å². The third-order valence-electron chi connectivity index (χ3n) is 4.56. The van der Waals surface area contributed by atoms with E-state index in [9.17, 15) is 10.4 Å². The lowest BCUT2D eigenvalue weighted by atomic mass is 10.1. The largest absolute Gasteiger partial charge is 0.543 e. The van der Waals surface area contributed by atoms with Crippen molar-refractivity contribution < 1.29 is 9.53 Å². The summed E-state index contributed by atoms with van der Waals surface area (Å²) in [7, 11) is -2.12. The molecule has 0 atom stereocenters. The zero-order valence-corrected chi connectivity index (χ0v) is 18.0. The molecule has 0 spiro atoms. The third kappa shape index (κ3) is 3.61. The Kier molecular flexibility index (Phi) is 5.21. The number of rotatable bonds is 3. The van der Waals surface area contributed by atoms with E-state index in [-0.39, 0.29) is 33.8 Å².